The largest absolute Gasteiger partial charge is 0.369 e. The molecule has 0 radical (unpaired) electrons. The molecule has 1 heteroatoms. The molecule has 0 amide bonds. The van der Waals surface area contributed by atoms with Crippen LogP contribution in [0.25, 0.3) is 11.1 Å². The van der Waals surface area contributed by atoms with Gasteiger partial charge >= 0.3 is 0 Å². The highest BCUT2D eigenvalue weighted by Gasteiger charge is 2.09. The number of rotatable bonds is 6. The van der Waals surface area contributed by atoms with Crippen LogP contribution in [0.15, 0.2) is 54.6 Å². The lowest BCUT2D eigenvalue weighted by atomic mass is 10.0. The first-order valence-electron chi connectivity index (χ1n) is 7.64. The van der Waals surface area contributed by atoms with Crippen LogP contribution >= 0.6 is 0 Å². The highest BCUT2D eigenvalue weighted by molar-refractivity contribution is 5.66. The van der Waals surface area contributed by atoms with Crippen molar-refractivity contribution in [2.75, 3.05) is 11.4 Å². The molecule has 0 heterocycles. The Kier molecular flexibility index (Phi) is 5.23. The van der Waals surface area contributed by atoms with Gasteiger partial charge in [-0.25, -0.2) is 0 Å². The maximum absolute atomic E-state index is 2.48. The summed E-state index contributed by atoms with van der Waals surface area (Å²) < 4.78 is 0. The Morgan fingerprint density at radius 2 is 1.45 bits per heavy atom. The Labute approximate surface area is 123 Å². The molecule has 2 aromatic carbocycles. The minimum Gasteiger partial charge on any atom is -0.369 e. The van der Waals surface area contributed by atoms with Gasteiger partial charge in [-0.15, -0.1) is 0 Å². The fraction of sp³-hybridized carbons (Fsp3) is 0.368. The summed E-state index contributed by atoms with van der Waals surface area (Å²) in [5.74, 6) is 0. The lowest BCUT2D eigenvalue weighted by Gasteiger charge is -2.29. The molecule has 0 saturated carbocycles. The van der Waals surface area contributed by atoms with E-state index in [9.17, 15) is 0 Å². The third-order valence-corrected chi connectivity index (χ3v) is 3.68. The van der Waals surface area contributed by atoms with Crippen molar-refractivity contribution in [3.8, 4) is 11.1 Å². The lowest BCUT2D eigenvalue weighted by molar-refractivity contribution is 0.646. The molecule has 0 aliphatic rings. The molecule has 0 aromatic heterocycles. The molecule has 0 atom stereocenters. The third kappa shape index (κ3) is 3.63. The number of nitrogens with zero attached hydrogens (tertiary/aromatic N) is 1. The van der Waals surface area contributed by atoms with Crippen molar-refractivity contribution in [3.63, 3.8) is 0 Å². The molecule has 0 N–H and O–H groups in total. The van der Waals surface area contributed by atoms with Crippen LogP contribution < -0.4 is 4.90 Å². The average Bonchev–Trinajstić information content (AvgIpc) is 2.49. The number of benzene rings is 2. The topological polar surface area (TPSA) is 3.24 Å². The molecule has 0 fully saturated rings. The standard InChI is InChI=1S/C19H25N/c1-4-5-15-20(16(2)3)19-13-11-18(12-14-19)17-9-7-6-8-10-17/h6-14,16H,4-5,15H2,1-3H3. The van der Waals surface area contributed by atoms with Crippen LogP contribution in [-0.4, -0.2) is 12.6 Å². The molecule has 2 aromatic rings. The van der Waals surface area contributed by atoms with E-state index in [2.05, 4.69) is 80.3 Å². The van der Waals surface area contributed by atoms with E-state index >= 15 is 0 Å². The molecule has 0 spiro atoms. The average molecular weight is 267 g/mol. The van der Waals surface area contributed by atoms with Crippen LogP contribution in [0.3, 0.4) is 0 Å². The zero-order chi connectivity index (χ0) is 14.4. The first-order chi connectivity index (χ1) is 9.72. The smallest absolute Gasteiger partial charge is 0.0368 e. The fourth-order valence-electron chi connectivity index (χ4n) is 2.49. The van der Waals surface area contributed by atoms with Crippen molar-refractivity contribution in [2.24, 2.45) is 0 Å². The molecule has 2 rings (SSSR count). The maximum Gasteiger partial charge on any atom is 0.0368 e. The minimum absolute atomic E-state index is 0.545. The molecule has 1 nitrogen and oxygen atoms in total. The number of hydrogen-bond donors (Lipinski definition) is 0. The van der Waals surface area contributed by atoms with Gasteiger partial charge in [0.1, 0.15) is 0 Å². The number of hydrogen-bond acceptors (Lipinski definition) is 1. The van der Waals surface area contributed by atoms with Gasteiger partial charge in [0, 0.05) is 18.3 Å². The molecular formula is C19H25N. The monoisotopic (exact) mass is 267 g/mol. The normalized spacial score (nSPS) is 10.8. The highest BCUT2D eigenvalue weighted by atomic mass is 15.1. The molecule has 106 valence electrons. The highest BCUT2D eigenvalue weighted by Crippen LogP contribution is 2.24. The van der Waals surface area contributed by atoms with Gasteiger partial charge in [0.25, 0.3) is 0 Å². The molecule has 0 aliphatic heterocycles. The first-order valence-corrected chi connectivity index (χ1v) is 7.64. The summed E-state index contributed by atoms with van der Waals surface area (Å²) >= 11 is 0. The van der Waals surface area contributed by atoms with E-state index in [0.717, 1.165) is 6.54 Å². The molecule has 0 aliphatic carbocycles. The number of unbranched alkanes of at least 4 members (excludes halogenated alkanes) is 1. The second kappa shape index (κ2) is 7.14. The van der Waals surface area contributed by atoms with Crippen molar-refractivity contribution < 1.29 is 0 Å². The quantitative estimate of drug-likeness (QED) is 0.680. The predicted molar refractivity (Wildman–Crippen MR) is 89.3 cm³/mol. The third-order valence-electron chi connectivity index (χ3n) is 3.68. The van der Waals surface area contributed by atoms with Crippen molar-refractivity contribution in [3.05, 3.63) is 54.6 Å². The summed E-state index contributed by atoms with van der Waals surface area (Å²) in [6.45, 7) is 7.91. The van der Waals surface area contributed by atoms with Gasteiger partial charge in [0.15, 0.2) is 0 Å². The number of anilines is 1. The summed E-state index contributed by atoms with van der Waals surface area (Å²) in [7, 11) is 0. The van der Waals surface area contributed by atoms with Crippen LogP contribution in [0.2, 0.25) is 0 Å². The van der Waals surface area contributed by atoms with E-state index in [0.29, 0.717) is 6.04 Å². The van der Waals surface area contributed by atoms with E-state index in [1.807, 2.05) is 0 Å². The Morgan fingerprint density at radius 3 is 2.00 bits per heavy atom. The summed E-state index contributed by atoms with van der Waals surface area (Å²) in [6, 6.07) is 20.1. The Morgan fingerprint density at radius 1 is 0.850 bits per heavy atom. The molecule has 0 unspecified atom stereocenters. The van der Waals surface area contributed by atoms with Gasteiger partial charge in [-0.2, -0.15) is 0 Å². The Hall–Kier alpha value is -1.76. The zero-order valence-electron chi connectivity index (χ0n) is 12.8. The SMILES string of the molecule is CCCCN(c1ccc(-c2ccccc2)cc1)C(C)C. The van der Waals surface area contributed by atoms with Crippen molar-refractivity contribution >= 4 is 5.69 Å². The lowest BCUT2D eigenvalue weighted by Crippen LogP contribution is -2.31. The van der Waals surface area contributed by atoms with Gasteiger partial charge in [-0.1, -0.05) is 55.8 Å². The Bertz CT molecular complexity index is 499. The second-order valence-corrected chi connectivity index (χ2v) is 5.55. The van der Waals surface area contributed by atoms with Gasteiger partial charge in [0.05, 0.1) is 0 Å². The van der Waals surface area contributed by atoms with Crippen LogP contribution in [-0.2, 0) is 0 Å². The summed E-state index contributed by atoms with van der Waals surface area (Å²) in [6.07, 6.45) is 2.49. The Balaban J connectivity index is 2.18. The van der Waals surface area contributed by atoms with E-state index in [1.165, 1.54) is 29.7 Å². The molecule has 20 heavy (non-hydrogen) atoms. The van der Waals surface area contributed by atoms with Crippen LogP contribution in [0.1, 0.15) is 33.6 Å². The first kappa shape index (κ1) is 14.6. The van der Waals surface area contributed by atoms with Crippen LogP contribution in [0.5, 0.6) is 0 Å². The van der Waals surface area contributed by atoms with Crippen molar-refractivity contribution in [1.29, 1.82) is 0 Å². The van der Waals surface area contributed by atoms with Crippen LogP contribution in [0.4, 0.5) is 5.69 Å². The van der Waals surface area contributed by atoms with Gasteiger partial charge in [0.2, 0.25) is 0 Å². The molecule has 0 bridgehead atoms. The van der Waals surface area contributed by atoms with Crippen LogP contribution in [0, 0.1) is 0 Å². The zero-order valence-corrected chi connectivity index (χ0v) is 12.8. The van der Waals surface area contributed by atoms with Gasteiger partial charge in [-0.3, -0.25) is 0 Å². The van der Waals surface area contributed by atoms with Gasteiger partial charge in [-0.05, 0) is 43.5 Å². The fourth-order valence-corrected chi connectivity index (χ4v) is 2.49. The summed E-state index contributed by atoms with van der Waals surface area (Å²) in [5.41, 5.74) is 3.89. The minimum atomic E-state index is 0.545. The summed E-state index contributed by atoms with van der Waals surface area (Å²) in [4.78, 5) is 2.48. The van der Waals surface area contributed by atoms with E-state index in [-0.39, 0.29) is 0 Å². The molecule has 0 saturated heterocycles. The van der Waals surface area contributed by atoms with E-state index in [4.69, 9.17) is 0 Å². The van der Waals surface area contributed by atoms with E-state index < -0.39 is 0 Å². The van der Waals surface area contributed by atoms with Crippen molar-refractivity contribution in [1.82, 2.24) is 0 Å². The van der Waals surface area contributed by atoms with Crippen molar-refractivity contribution in [2.45, 2.75) is 39.7 Å². The second-order valence-electron chi connectivity index (χ2n) is 5.55. The summed E-state index contributed by atoms with van der Waals surface area (Å²) in [5, 5.41) is 0. The van der Waals surface area contributed by atoms with Gasteiger partial charge < -0.3 is 4.90 Å². The van der Waals surface area contributed by atoms with E-state index in [1.54, 1.807) is 0 Å². The maximum atomic E-state index is 2.48. The molecular weight excluding hydrogens is 242 g/mol. The predicted octanol–water partition coefficient (Wildman–Crippen LogP) is 5.37.